The number of nitrogens with two attached hydrogens (primary N) is 2. The second-order valence-corrected chi connectivity index (χ2v) is 7.52. The summed E-state index contributed by atoms with van der Waals surface area (Å²) < 4.78 is 0. The first kappa shape index (κ1) is 21.1. The average Bonchev–Trinajstić information content (AvgIpc) is 2.68. The van der Waals surface area contributed by atoms with Gasteiger partial charge in [-0.05, 0) is 55.0 Å². The van der Waals surface area contributed by atoms with Crippen LogP contribution in [0.25, 0.3) is 0 Å². The molecule has 2 rings (SSSR count). The first-order valence-corrected chi connectivity index (χ1v) is 10.7. The lowest BCUT2D eigenvalue weighted by molar-refractivity contribution is 0.557. The minimum absolute atomic E-state index is 0.801. The zero-order chi connectivity index (χ0) is 19.3. The molecule has 27 heavy (non-hydrogen) atoms. The van der Waals surface area contributed by atoms with Crippen molar-refractivity contribution in [1.29, 1.82) is 0 Å². The Balaban J connectivity index is 1.78. The van der Waals surface area contributed by atoms with Crippen LogP contribution in [-0.4, -0.2) is 6.54 Å². The summed E-state index contributed by atoms with van der Waals surface area (Å²) in [7, 11) is 0. The van der Waals surface area contributed by atoms with Crippen LogP contribution in [0.2, 0.25) is 0 Å². The summed E-state index contributed by atoms with van der Waals surface area (Å²) in [5.41, 5.74) is 15.7. The minimum atomic E-state index is 0.801. The Morgan fingerprint density at radius 3 is 1.33 bits per heavy atom. The maximum atomic E-state index is 5.86. The highest BCUT2D eigenvalue weighted by Crippen LogP contribution is 2.27. The third kappa shape index (κ3) is 7.94. The van der Waals surface area contributed by atoms with Crippen LogP contribution in [0.5, 0.6) is 0 Å². The number of nitrogens with zero attached hydrogens (tertiary/aromatic N) is 1. The van der Waals surface area contributed by atoms with Crippen molar-refractivity contribution in [1.82, 2.24) is 0 Å². The van der Waals surface area contributed by atoms with E-state index in [4.69, 9.17) is 11.5 Å². The van der Waals surface area contributed by atoms with Crippen molar-refractivity contribution in [3.8, 4) is 0 Å². The molecule has 0 radical (unpaired) electrons. The van der Waals surface area contributed by atoms with Crippen molar-refractivity contribution in [2.24, 2.45) is 0 Å². The second-order valence-electron chi connectivity index (χ2n) is 7.52. The molecule has 148 valence electrons. The Bertz CT molecular complexity index is 574. The molecular weight excluding hydrogens is 330 g/mol. The summed E-state index contributed by atoms with van der Waals surface area (Å²) in [6.45, 7) is 3.29. The zero-order valence-corrected chi connectivity index (χ0v) is 17.0. The molecule has 0 saturated carbocycles. The molecule has 0 aromatic heterocycles. The lowest BCUT2D eigenvalue weighted by atomic mass is 10.1. The molecule has 0 atom stereocenters. The maximum absolute atomic E-state index is 5.86. The predicted octanol–water partition coefficient (Wildman–Crippen LogP) is 6.91. The fourth-order valence-corrected chi connectivity index (χ4v) is 3.47. The van der Waals surface area contributed by atoms with Gasteiger partial charge in [0.25, 0.3) is 0 Å². The van der Waals surface area contributed by atoms with Crippen molar-refractivity contribution in [2.75, 3.05) is 22.9 Å². The topological polar surface area (TPSA) is 55.3 Å². The van der Waals surface area contributed by atoms with Crippen molar-refractivity contribution < 1.29 is 0 Å². The van der Waals surface area contributed by atoms with Crippen molar-refractivity contribution in [2.45, 2.75) is 71.1 Å². The van der Waals surface area contributed by atoms with Gasteiger partial charge in [0.05, 0.1) is 0 Å². The summed E-state index contributed by atoms with van der Waals surface area (Å²) in [6.07, 6.45) is 13.5. The number of hydrogen-bond acceptors (Lipinski definition) is 3. The van der Waals surface area contributed by atoms with Gasteiger partial charge in [0.15, 0.2) is 0 Å². The zero-order valence-electron chi connectivity index (χ0n) is 17.0. The van der Waals surface area contributed by atoms with Gasteiger partial charge in [-0.15, -0.1) is 0 Å². The Labute approximate surface area is 165 Å². The molecule has 0 fully saturated rings. The molecule has 2 aromatic carbocycles. The van der Waals surface area contributed by atoms with Crippen LogP contribution >= 0.6 is 0 Å². The normalized spacial score (nSPS) is 10.9. The van der Waals surface area contributed by atoms with Crippen LogP contribution in [0.1, 0.15) is 71.1 Å². The molecule has 0 aliphatic heterocycles. The first-order valence-electron chi connectivity index (χ1n) is 10.7. The minimum Gasteiger partial charge on any atom is -0.399 e. The Hall–Kier alpha value is -2.16. The molecule has 0 bridgehead atoms. The van der Waals surface area contributed by atoms with E-state index < -0.39 is 0 Å². The number of unbranched alkanes of at least 4 members (excludes halogenated alkanes) is 9. The molecule has 3 nitrogen and oxygen atoms in total. The largest absolute Gasteiger partial charge is 0.399 e. The average molecular weight is 368 g/mol. The third-order valence-corrected chi connectivity index (χ3v) is 5.14. The van der Waals surface area contributed by atoms with E-state index in [0.29, 0.717) is 0 Å². The van der Waals surface area contributed by atoms with Crippen LogP contribution < -0.4 is 16.4 Å². The van der Waals surface area contributed by atoms with E-state index in [2.05, 4.69) is 36.1 Å². The summed E-state index contributed by atoms with van der Waals surface area (Å²) in [5.74, 6) is 0. The van der Waals surface area contributed by atoms with Gasteiger partial charge in [0.2, 0.25) is 0 Å². The number of anilines is 4. The molecule has 4 N–H and O–H groups in total. The molecular formula is C24H37N3. The molecule has 3 heteroatoms. The predicted molar refractivity (Wildman–Crippen MR) is 121 cm³/mol. The lowest BCUT2D eigenvalue weighted by Crippen LogP contribution is -2.18. The summed E-state index contributed by atoms with van der Waals surface area (Å²) >= 11 is 0. The molecule has 0 aliphatic carbocycles. The van der Waals surface area contributed by atoms with Crippen molar-refractivity contribution in [3.63, 3.8) is 0 Å². The highest BCUT2D eigenvalue weighted by Gasteiger charge is 2.09. The molecule has 0 heterocycles. The molecule has 0 amide bonds. The van der Waals surface area contributed by atoms with Crippen LogP contribution in [0.3, 0.4) is 0 Å². The van der Waals surface area contributed by atoms with Gasteiger partial charge in [0.1, 0.15) is 0 Å². The summed E-state index contributed by atoms with van der Waals surface area (Å²) in [6, 6.07) is 16.3. The quantitative estimate of drug-likeness (QED) is 0.299. The monoisotopic (exact) mass is 367 g/mol. The van der Waals surface area contributed by atoms with E-state index in [1.807, 2.05) is 24.3 Å². The lowest BCUT2D eigenvalue weighted by Gasteiger charge is -2.25. The molecule has 0 aliphatic rings. The van der Waals surface area contributed by atoms with Crippen molar-refractivity contribution in [3.05, 3.63) is 48.5 Å². The third-order valence-electron chi connectivity index (χ3n) is 5.14. The van der Waals surface area contributed by atoms with Gasteiger partial charge in [0, 0.05) is 29.3 Å². The van der Waals surface area contributed by atoms with E-state index in [-0.39, 0.29) is 0 Å². The van der Waals surface area contributed by atoms with Crippen LogP contribution in [0, 0.1) is 0 Å². The number of benzene rings is 2. The standard InChI is InChI=1S/C24H37N3/c1-2-3-4-5-6-7-8-9-10-11-20-27(23-16-12-21(25)13-17-23)24-18-14-22(26)15-19-24/h12-19H,2-11,20,25-26H2,1H3. The highest BCUT2D eigenvalue weighted by atomic mass is 15.1. The van der Waals surface area contributed by atoms with Crippen molar-refractivity contribution >= 4 is 22.7 Å². The van der Waals surface area contributed by atoms with Gasteiger partial charge in [-0.3, -0.25) is 0 Å². The maximum Gasteiger partial charge on any atom is 0.0412 e. The van der Waals surface area contributed by atoms with E-state index in [1.165, 1.54) is 75.6 Å². The van der Waals surface area contributed by atoms with Crippen LogP contribution in [0.15, 0.2) is 48.5 Å². The fraction of sp³-hybridized carbons (Fsp3) is 0.500. The Kier molecular flexibility index (Phi) is 9.61. The molecule has 0 unspecified atom stereocenters. The summed E-state index contributed by atoms with van der Waals surface area (Å²) in [4.78, 5) is 2.36. The van der Waals surface area contributed by atoms with Gasteiger partial charge in [-0.1, -0.05) is 64.7 Å². The van der Waals surface area contributed by atoms with E-state index in [9.17, 15) is 0 Å². The smallest absolute Gasteiger partial charge is 0.0412 e. The van der Waals surface area contributed by atoms with E-state index in [1.54, 1.807) is 0 Å². The van der Waals surface area contributed by atoms with Gasteiger partial charge in [-0.25, -0.2) is 0 Å². The number of hydrogen-bond donors (Lipinski definition) is 2. The Morgan fingerprint density at radius 2 is 0.926 bits per heavy atom. The number of nitrogen functional groups attached to an aromatic ring is 2. The fourth-order valence-electron chi connectivity index (χ4n) is 3.47. The van der Waals surface area contributed by atoms with Gasteiger partial charge in [-0.2, -0.15) is 0 Å². The van der Waals surface area contributed by atoms with Gasteiger partial charge < -0.3 is 16.4 Å². The summed E-state index contributed by atoms with van der Waals surface area (Å²) in [5, 5.41) is 0. The molecule has 0 saturated heterocycles. The molecule has 2 aromatic rings. The van der Waals surface area contributed by atoms with Crippen LogP contribution in [0.4, 0.5) is 22.7 Å². The van der Waals surface area contributed by atoms with E-state index in [0.717, 1.165) is 17.9 Å². The highest BCUT2D eigenvalue weighted by molar-refractivity contribution is 5.66. The Morgan fingerprint density at radius 1 is 0.556 bits per heavy atom. The van der Waals surface area contributed by atoms with Gasteiger partial charge >= 0.3 is 0 Å². The van der Waals surface area contributed by atoms with Crippen LogP contribution in [-0.2, 0) is 0 Å². The second kappa shape index (κ2) is 12.3. The molecule has 0 spiro atoms. The number of rotatable bonds is 13. The van der Waals surface area contributed by atoms with E-state index >= 15 is 0 Å². The SMILES string of the molecule is CCCCCCCCCCCCN(c1ccc(N)cc1)c1ccc(N)cc1. The first-order chi connectivity index (χ1) is 13.2.